The van der Waals surface area contributed by atoms with Crippen LogP contribution < -0.4 is 5.73 Å². The molecule has 0 amide bonds. The van der Waals surface area contributed by atoms with E-state index in [1.165, 1.54) is 25.5 Å². The lowest BCUT2D eigenvalue weighted by Gasteiger charge is -2.27. The van der Waals surface area contributed by atoms with Crippen molar-refractivity contribution in [3.05, 3.63) is 59.4 Å². The SMILES string of the molecule is Nc1ccc(C(=O)c2ccccc2C2CCC2)nc1. The number of rotatable bonds is 3. The molecule has 0 aliphatic heterocycles. The topological polar surface area (TPSA) is 56.0 Å². The number of ketones is 1. The Morgan fingerprint density at radius 3 is 2.58 bits per heavy atom. The lowest BCUT2D eigenvalue weighted by Crippen LogP contribution is -2.15. The standard InChI is InChI=1S/C16H16N2O/c17-12-8-9-15(18-10-12)16(19)14-7-2-1-6-13(14)11-4-3-5-11/h1-2,6-11H,3-5,17H2. The molecule has 0 atom stereocenters. The Hall–Kier alpha value is -2.16. The first-order valence-corrected chi connectivity index (χ1v) is 6.61. The van der Waals surface area contributed by atoms with Crippen LogP contribution in [0.2, 0.25) is 0 Å². The summed E-state index contributed by atoms with van der Waals surface area (Å²) in [5.41, 5.74) is 8.58. The molecule has 3 nitrogen and oxygen atoms in total. The summed E-state index contributed by atoms with van der Waals surface area (Å²) < 4.78 is 0. The Bertz CT molecular complexity index is 600. The molecule has 2 N–H and O–H groups in total. The zero-order valence-electron chi connectivity index (χ0n) is 10.7. The van der Waals surface area contributed by atoms with Crippen molar-refractivity contribution in [1.29, 1.82) is 0 Å². The van der Waals surface area contributed by atoms with Gasteiger partial charge in [0.25, 0.3) is 0 Å². The third-order valence-electron chi connectivity index (χ3n) is 3.77. The van der Waals surface area contributed by atoms with Crippen LogP contribution in [-0.4, -0.2) is 10.8 Å². The van der Waals surface area contributed by atoms with Gasteiger partial charge < -0.3 is 5.73 Å². The number of nitrogens with two attached hydrogens (primary N) is 1. The summed E-state index contributed by atoms with van der Waals surface area (Å²) >= 11 is 0. The van der Waals surface area contributed by atoms with E-state index in [1.807, 2.05) is 18.2 Å². The second-order valence-corrected chi connectivity index (χ2v) is 5.02. The quantitative estimate of drug-likeness (QED) is 0.854. The van der Waals surface area contributed by atoms with E-state index in [9.17, 15) is 4.79 Å². The van der Waals surface area contributed by atoms with Gasteiger partial charge in [0.05, 0.1) is 11.9 Å². The molecule has 0 bridgehead atoms. The number of nitrogen functional groups attached to an aromatic ring is 1. The van der Waals surface area contributed by atoms with Crippen molar-refractivity contribution in [2.24, 2.45) is 0 Å². The van der Waals surface area contributed by atoms with Gasteiger partial charge in [-0.1, -0.05) is 30.7 Å². The van der Waals surface area contributed by atoms with Crippen LogP contribution in [0.25, 0.3) is 0 Å². The Balaban J connectivity index is 1.97. The highest BCUT2D eigenvalue weighted by atomic mass is 16.1. The summed E-state index contributed by atoms with van der Waals surface area (Å²) in [6.45, 7) is 0. The van der Waals surface area contributed by atoms with Crippen LogP contribution in [0.1, 0.15) is 46.8 Å². The van der Waals surface area contributed by atoms with E-state index in [1.54, 1.807) is 12.1 Å². The van der Waals surface area contributed by atoms with Gasteiger partial charge in [-0.05, 0) is 36.5 Å². The van der Waals surface area contributed by atoms with E-state index in [-0.39, 0.29) is 5.78 Å². The maximum Gasteiger partial charge on any atom is 0.211 e. The van der Waals surface area contributed by atoms with Crippen molar-refractivity contribution >= 4 is 11.5 Å². The molecular formula is C16H16N2O. The van der Waals surface area contributed by atoms with Crippen molar-refractivity contribution in [3.63, 3.8) is 0 Å². The summed E-state index contributed by atoms with van der Waals surface area (Å²) in [6.07, 6.45) is 5.14. The van der Waals surface area contributed by atoms with Crippen molar-refractivity contribution in [2.75, 3.05) is 5.73 Å². The Morgan fingerprint density at radius 2 is 1.95 bits per heavy atom. The zero-order valence-corrected chi connectivity index (χ0v) is 10.7. The first-order chi connectivity index (χ1) is 9.25. The highest BCUT2D eigenvalue weighted by Crippen LogP contribution is 2.38. The molecule has 3 rings (SSSR count). The Kier molecular flexibility index (Phi) is 3.03. The van der Waals surface area contributed by atoms with E-state index in [0.717, 1.165) is 11.1 Å². The lowest BCUT2D eigenvalue weighted by atomic mass is 9.77. The first-order valence-electron chi connectivity index (χ1n) is 6.61. The maximum absolute atomic E-state index is 12.5. The average Bonchev–Trinajstić information content (AvgIpc) is 2.37. The molecule has 1 aromatic carbocycles. The number of pyridine rings is 1. The minimum atomic E-state index is -0.0116. The number of benzene rings is 1. The van der Waals surface area contributed by atoms with E-state index in [2.05, 4.69) is 11.1 Å². The first kappa shape index (κ1) is 11.9. The van der Waals surface area contributed by atoms with Gasteiger partial charge in [-0.25, -0.2) is 0 Å². The number of carbonyl (C=O) groups is 1. The van der Waals surface area contributed by atoms with Crippen molar-refractivity contribution in [3.8, 4) is 0 Å². The fourth-order valence-corrected chi connectivity index (χ4v) is 2.46. The van der Waals surface area contributed by atoms with E-state index in [4.69, 9.17) is 5.73 Å². The van der Waals surface area contributed by atoms with E-state index >= 15 is 0 Å². The van der Waals surface area contributed by atoms with Crippen molar-refractivity contribution in [1.82, 2.24) is 4.98 Å². The third-order valence-corrected chi connectivity index (χ3v) is 3.77. The Morgan fingerprint density at radius 1 is 1.16 bits per heavy atom. The molecule has 1 aliphatic rings. The van der Waals surface area contributed by atoms with Crippen LogP contribution in [0.15, 0.2) is 42.6 Å². The molecule has 0 radical (unpaired) electrons. The molecule has 0 spiro atoms. The second-order valence-electron chi connectivity index (χ2n) is 5.02. The number of hydrogen-bond acceptors (Lipinski definition) is 3. The summed E-state index contributed by atoms with van der Waals surface area (Å²) in [5, 5.41) is 0. The molecule has 0 saturated heterocycles. The predicted octanol–water partition coefficient (Wildman–Crippen LogP) is 3.16. The fraction of sp³-hybridized carbons (Fsp3) is 0.250. The van der Waals surface area contributed by atoms with Gasteiger partial charge >= 0.3 is 0 Å². The van der Waals surface area contributed by atoms with E-state index in [0.29, 0.717) is 17.3 Å². The molecule has 1 aliphatic carbocycles. The Labute approximate surface area is 112 Å². The van der Waals surface area contributed by atoms with Gasteiger partial charge in [0.2, 0.25) is 5.78 Å². The minimum Gasteiger partial charge on any atom is -0.397 e. The predicted molar refractivity (Wildman–Crippen MR) is 75.1 cm³/mol. The van der Waals surface area contributed by atoms with Crippen molar-refractivity contribution < 1.29 is 4.79 Å². The molecule has 1 fully saturated rings. The minimum absolute atomic E-state index is 0.0116. The van der Waals surface area contributed by atoms with Crippen LogP contribution in [0.5, 0.6) is 0 Å². The largest absolute Gasteiger partial charge is 0.397 e. The molecule has 1 saturated carbocycles. The third kappa shape index (κ3) is 2.24. The van der Waals surface area contributed by atoms with Gasteiger partial charge in [0.15, 0.2) is 0 Å². The number of anilines is 1. The summed E-state index contributed by atoms with van der Waals surface area (Å²) in [4.78, 5) is 16.6. The van der Waals surface area contributed by atoms with Crippen LogP contribution in [0.4, 0.5) is 5.69 Å². The summed E-state index contributed by atoms with van der Waals surface area (Å²) in [6, 6.07) is 11.3. The summed E-state index contributed by atoms with van der Waals surface area (Å²) in [5.74, 6) is 0.524. The van der Waals surface area contributed by atoms with Crippen LogP contribution in [-0.2, 0) is 0 Å². The summed E-state index contributed by atoms with van der Waals surface area (Å²) in [7, 11) is 0. The maximum atomic E-state index is 12.5. The molecule has 96 valence electrons. The molecule has 3 heteroatoms. The number of hydrogen-bond donors (Lipinski definition) is 1. The highest BCUT2D eigenvalue weighted by molar-refractivity contribution is 6.08. The van der Waals surface area contributed by atoms with Gasteiger partial charge in [0.1, 0.15) is 5.69 Å². The number of aromatic nitrogens is 1. The van der Waals surface area contributed by atoms with Crippen LogP contribution in [0, 0.1) is 0 Å². The molecule has 1 heterocycles. The number of carbonyl (C=O) groups excluding carboxylic acids is 1. The van der Waals surface area contributed by atoms with Gasteiger partial charge in [-0.3, -0.25) is 9.78 Å². The number of nitrogens with zero attached hydrogens (tertiary/aromatic N) is 1. The van der Waals surface area contributed by atoms with Gasteiger partial charge in [-0.2, -0.15) is 0 Å². The molecule has 0 unspecified atom stereocenters. The molecular weight excluding hydrogens is 236 g/mol. The molecule has 19 heavy (non-hydrogen) atoms. The fourth-order valence-electron chi connectivity index (χ4n) is 2.46. The van der Waals surface area contributed by atoms with Gasteiger partial charge in [-0.15, -0.1) is 0 Å². The smallest absolute Gasteiger partial charge is 0.211 e. The normalized spacial score (nSPS) is 14.9. The average molecular weight is 252 g/mol. The van der Waals surface area contributed by atoms with Crippen LogP contribution >= 0.6 is 0 Å². The molecule has 2 aromatic rings. The second kappa shape index (κ2) is 4.84. The zero-order chi connectivity index (χ0) is 13.2. The molecule has 1 aromatic heterocycles. The van der Waals surface area contributed by atoms with Crippen LogP contribution in [0.3, 0.4) is 0 Å². The monoisotopic (exact) mass is 252 g/mol. The van der Waals surface area contributed by atoms with Crippen molar-refractivity contribution in [2.45, 2.75) is 25.2 Å². The highest BCUT2D eigenvalue weighted by Gasteiger charge is 2.24. The van der Waals surface area contributed by atoms with E-state index < -0.39 is 0 Å². The van der Waals surface area contributed by atoms with Gasteiger partial charge in [0, 0.05) is 5.56 Å². The lowest BCUT2D eigenvalue weighted by molar-refractivity contribution is 0.103.